The number of hydrogen-bond donors (Lipinski definition) is 0. The zero-order chi connectivity index (χ0) is 14.8. The van der Waals surface area contributed by atoms with Crippen molar-refractivity contribution in [3.63, 3.8) is 0 Å². The Balaban J connectivity index is 1.49. The molecule has 0 N–H and O–H groups in total. The summed E-state index contributed by atoms with van der Waals surface area (Å²) in [6.45, 7) is 5.38. The van der Waals surface area contributed by atoms with Crippen LogP contribution in [0.5, 0.6) is 0 Å². The summed E-state index contributed by atoms with van der Waals surface area (Å²) in [4.78, 5) is 16.7. The molecule has 0 radical (unpaired) electrons. The van der Waals surface area contributed by atoms with Crippen LogP contribution in [0.2, 0.25) is 0 Å². The summed E-state index contributed by atoms with van der Waals surface area (Å²) in [5, 5.41) is 0. The maximum absolute atomic E-state index is 12.1. The van der Waals surface area contributed by atoms with Gasteiger partial charge in [0.2, 0.25) is 5.91 Å². The number of aryl methyl sites for hydroxylation is 1. The van der Waals surface area contributed by atoms with Gasteiger partial charge in [-0.3, -0.25) is 9.69 Å². The summed E-state index contributed by atoms with van der Waals surface area (Å²) in [7, 11) is 2.00. The zero-order valence-electron chi connectivity index (χ0n) is 13.2. The van der Waals surface area contributed by atoms with E-state index in [2.05, 4.69) is 36.1 Å². The number of hydrogen-bond acceptors (Lipinski definition) is 2. The van der Waals surface area contributed by atoms with Gasteiger partial charge in [0.1, 0.15) is 0 Å². The Morgan fingerprint density at radius 2 is 1.95 bits per heavy atom. The van der Waals surface area contributed by atoms with Crippen molar-refractivity contribution >= 4 is 5.91 Å². The molecular formula is C18H26N2O. The first-order chi connectivity index (χ1) is 10.1. The van der Waals surface area contributed by atoms with Gasteiger partial charge in [0.05, 0.1) is 0 Å². The molecule has 1 amide bonds. The lowest BCUT2D eigenvalue weighted by molar-refractivity contribution is -0.134. The van der Waals surface area contributed by atoms with Crippen LogP contribution in [-0.2, 0) is 11.3 Å². The van der Waals surface area contributed by atoms with E-state index in [4.69, 9.17) is 0 Å². The van der Waals surface area contributed by atoms with Crippen LogP contribution in [0.4, 0.5) is 0 Å². The van der Waals surface area contributed by atoms with Crippen molar-refractivity contribution in [2.24, 2.45) is 5.92 Å². The van der Waals surface area contributed by atoms with Gasteiger partial charge >= 0.3 is 0 Å². The maximum Gasteiger partial charge on any atom is 0.225 e. The van der Waals surface area contributed by atoms with Gasteiger partial charge in [-0.25, -0.2) is 0 Å². The molecule has 21 heavy (non-hydrogen) atoms. The van der Waals surface area contributed by atoms with E-state index in [0.29, 0.717) is 17.9 Å². The molecule has 114 valence electrons. The number of nitrogens with zero attached hydrogens (tertiary/aromatic N) is 2. The molecule has 3 heteroatoms. The quantitative estimate of drug-likeness (QED) is 0.850. The smallest absolute Gasteiger partial charge is 0.225 e. The van der Waals surface area contributed by atoms with Crippen molar-refractivity contribution in [2.45, 2.75) is 45.2 Å². The van der Waals surface area contributed by atoms with E-state index in [-0.39, 0.29) is 0 Å². The van der Waals surface area contributed by atoms with Gasteiger partial charge in [0.15, 0.2) is 0 Å². The van der Waals surface area contributed by atoms with Crippen molar-refractivity contribution in [3.8, 4) is 0 Å². The van der Waals surface area contributed by atoms with Gasteiger partial charge in [-0.15, -0.1) is 0 Å². The Morgan fingerprint density at radius 3 is 2.57 bits per heavy atom. The third-order valence-corrected chi connectivity index (χ3v) is 4.87. The lowest BCUT2D eigenvalue weighted by Crippen LogP contribution is -2.45. The van der Waals surface area contributed by atoms with E-state index in [9.17, 15) is 4.79 Å². The summed E-state index contributed by atoms with van der Waals surface area (Å²) in [6.07, 6.45) is 4.44. The van der Waals surface area contributed by atoms with Crippen LogP contribution in [0.3, 0.4) is 0 Å². The van der Waals surface area contributed by atoms with Gasteiger partial charge in [-0.05, 0) is 38.2 Å². The number of benzene rings is 1. The molecule has 1 aliphatic carbocycles. The van der Waals surface area contributed by atoms with Crippen molar-refractivity contribution in [3.05, 3.63) is 35.4 Å². The lowest BCUT2D eigenvalue weighted by Gasteiger charge is -2.37. The van der Waals surface area contributed by atoms with Gasteiger partial charge in [0, 0.05) is 38.6 Å². The van der Waals surface area contributed by atoms with E-state index in [1.165, 1.54) is 11.1 Å². The van der Waals surface area contributed by atoms with Crippen molar-refractivity contribution in [1.29, 1.82) is 0 Å². The Morgan fingerprint density at radius 1 is 1.24 bits per heavy atom. The number of carbonyl (C=O) groups is 1. The maximum atomic E-state index is 12.1. The second-order valence-corrected chi connectivity index (χ2v) is 6.72. The summed E-state index contributed by atoms with van der Waals surface area (Å²) in [5.41, 5.74) is 2.73. The standard InChI is InChI=1S/C18H26N2O/c1-14-4-3-5-15(12-14)13-20-10-8-17(9-11-20)19(2)18(21)16-6-7-16/h3-5,12,16-17H,6-11,13H2,1-2H3. The fourth-order valence-electron chi connectivity index (χ4n) is 3.33. The van der Waals surface area contributed by atoms with Crippen molar-refractivity contribution in [2.75, 3.05) is 20.1 Å². The normalized spacial score (nSPS) is 20.5. The monoisotopic (exact) mass is 286 g/mol. The third kappa shape index (κ3) is 3.65. The SMILES string of the molecule is Cc1cccc(CN2CCC(N(C)C(=O)C3CC3)CC2)c1. The molecule has 3 rings (SSSR count). The lowest BCUT2D eigenvalue weighted by atomic mass is 10.0. The zero-order valence-corrected chi connectivity index (χ0v) is 13.2. The van der Waals surface area contributed by atoms with E-state index >= 15 is 0 Å². The summed E-state index contributed by atoms with van der Waals surface area (Å²) >= 11 is 0. The van der Waals surface area contributed by atoms with E-state index < -0.39 is 0 Å². The summed E-state index contributed by atoms with van der Waals surface area (Å²) in [5.74, 6) is 0.729. The van der Waals surface area contributed by atoms with Crippen LogP contribution in [0, 0.1) is 12.8 Å². The number of carbonyl (C=O) groups excluding carboxylic acids is 1. The molecule has 1 heterocycles. The van der Waals surface area contributed by atoms with Gasteiger partial charge in [-0.1, -0.05) is 29.8 Å². The highest BCUT2D eigenvalue weighted by Crippen LogP contribution is 2.32. The third-order valence-electron chi connectivity index (χ3n) is 4.87. The number of likely N-dealkylation sites (tertiary alicyclic amines) is 1. The Bertz CT molecular complexity index is 502. The average Bonchev–Trinajstić information content (AvgIpc) is 3.31. The Hall–Kier alpha value is -1.35. The molecule has 2 aliphatic rings. The summed E-state index contributed by atoms with van der Waals surface area (Å²) < 4.78 is 0. The highest BCUT2D eigenvalue weighted by atomic mass is 16.2. The second kappa shape index (κ2) is 6.18. The molecule has 1 aromatic carbocycles. The average molecular weight is 286 g/mol. The number of rotatable bonds is 4. The number of amides is 1. The molecule has 3 nitrogen and oxygen atoms in total. The van der Waals surface area contributed by atoms with Gasteiger partial charge < -0.3 is 4.90 Å². The van der Waals surface area contributed by atoms with Gasteiger partial charge in [0.25, 0.3) is 0 Å². The molecule has 0 unspecified atom stereocenters. The minimum Gasteiger partial charge on any atom is -0.342 e. The summed E-state index contributed by atoms with van der Waals surface area (Å²) in [6, 6.07) is 9.22. The first kappa shape index (κ1) is 14.6. The fraction of sp³-hybridized carbons (Fsp3) is 0.611. The highest BCUT2D eigenvalue weighted by Gasteiger charge is 2.35. The van der Waals surface area contributed by atoms with Crippen LogP contribution in [0.15, 0.2) is 24.3 Å². The molecule has 1 aliphatic heterocycles. The van der Waals surface area contributed by atoms with Crippen LogP contribution in [0.1, 0.15) is 36.8 Å². The predicted molar refractivity (Wildman–Crippen MR) is 85.0 cm³/mol. The molecule has 2 fully saturated rings. The molecule has 0 bridgehead atoms. The molecule has 0 aromatic heterocycles. The van der Waals surface area contributed by atoms with Crippen molar-refractivity contribution in [1.82, 2.24) is 9.80 Å². The van der Waals surface area contributed by atoms with Crippen molar-refractivity contribution < 1.29 is 4.79 Å². The predicted octanol–water partition coefficient (Wildman–Crippen LogP) is 2.83. The largest absolute Gasteiger partial charge is 0.342 e. The molecular weight excluding hydrogens is 260 g/mol. The van der Waals surface area contributed by atoms with Crippen LogP contribution in [-0.4, -0.2) is 41.9 Å². The van der Waals surface area contributed by atoms with E-state index in [1.54, 1.807) is 0 Å². The number of piperidine rings is 1. The molecule has 0 atom stereocenters. The minimum atomic E-state index is 0.348. The van der Waals surface area contributed by atoms with Gasteiger partial charge in [-0.2, -0.15) is 0 Å². The minimum absolute atomic E-state index is 0.348. The first-order valence-corrected chi connectivity index (χ1v) is 8.18. The van der Waals surface area contributed by atoms with Crippen LogP contribution in [0.25, 0.3) is 0 Å². The van der Waals surface area contributed by atoms with E-state index in [0.717, 1.165) is 45.3 Å². The first-order valence-electron chi connectivity index (χ1n) is 8.18. The molecule has 1 saturated heterocycles. The molecule has 0 spiro atoms. The topological polar surface area (TPSA) is 23.6 Å². The fourth-order valence-corrected chi connectivity index (χ4v) is 3.33. The second-order valence-electron chi connectivity index (χ2n) is 6.72. The Kier molecular flexibility index (Phi) is 4.29. The Labute approximate surface area is 127 Å². The highest BCUT2D eigenvalue weighted by molar-refractivity contribution is 5.81. The molecule has 1 aromatic rings. The van der Waals surface area contributed by atoms with Crippen LogP contribution < -0.4 is 0 Å². The molecule has 1 saturated carbocycles. The van der Waals surface area contributed by atoms with Crippen LogP contribution >= 0.6 is 0 Å². The van der Waals surface area contributed by atoms with E-state index in [1.807, 2.05) is 11.9 Å².